The first-order chi connectivity index (χ1) is 10.7. The summed E-state index contributed by atoms with van der Waals surface area (Å²) < 4.78 is 12.2. The molecule has 0 amide bonds. The molecule has 0 saturated heterocycles. The van der Waals surface area contributed by atoms with E-state index in [1.54, 1.807) is 24.8 Å². The summed E-state index contributed by atoms with van der Waals surface area (Å²) in [6, 6.07) is 7.62. The van der Waals surface area contributed by atoms with Gasteiger partial charge in [0.2, 0.25) is 4.96 Å². The molecule has 0 radical (unpaired) electrons. The van der Waals surface area contributed by atoms with Gasteiger partial charge in [-0.05, 0) is 18.6 Å². The van der Waals surface area contributed by atoms with Crippen molar-refractivity contribution < 1.29 is 9.47 Å². The highest BCUT2D eigenvalue weighted by Crippen LogP contribution is 2.35. The van der Waals surface area contributed by atoms with Crippen LogP contribution in [-0.2, 0) is 6.42 Å². The van der Waals surface area contributed by atoms with Gasteiger partial charge in [0.25, 0.3) is 0 Å². The van der Waals surface area contributed by atoms with E-state index in [1.165, 1.54) is 11.3 Å². The van der Waals surface area contributed by atoms with Gasteiger partial charge in [-0.15, -0.1) is 0 Å². The summed E-state index contributed by atoms with van der Waals surface area (Å²) in [5.41, 5.74) is 1.73. The van der Waals surface area contributed by atoms with Crippen LogP contribution in [0, 0.1) is 11.3 Å². The zero-order valence-corrected chi connectivity index (χ0v) is 13.3. The molecule has 1 aromatic carbocycles. The Bertz CT molecular complexity index is 876. The van der Waals surface area contributed by atoms with Crippen molar-refractivity contribution in [3.05, 3.63) is 28.9 Å². The Morgan fingerprint density at radius 1 is 1.32 bits per heavy atom. The van der Waals surface area contributed by atoms with Gasteiger partial charge in [-0.25, -0.2) is 4.98 Å². The number of imidazole rings is 1. The van der Waals surface area contributed by atoms with Crippen LogP contribution in [0.5, 0.6) is 11.5 Å². The maximum Gasteiger partial charge on any atom is 0.214 e. The van der Waals surface area contributed by atoms with Crippen LogP contribution in [0.4, 0.5) is 0 Å². The van der Waals surface area contributed by atoms with Gasteiger partial charge in [0.05, 0.1) is 14.2 Å². The molecule has 2 aromatic heterocycles. The standard InChI is InChI=1S/C15H14N4O2S/c1-4-13-18-19-11(8-16)14(17-15(19)22-13)10-6-5-9(20-2)7-12(10)21-3/h5-7H,4H2,1-3H3. The van der Waals surface area contributed by atoms with Crippen molar-refractivity contribution in [1.82, 2.24) is 14.6 Å². The summed E-state index contributed by atoms with van der Waals surface area (Å²) in [4.78, 5) is 5.27. The zero-order chi connectivity index (χ0) is 15.7. The molecule has 0 aliphatic rings. The SMILES string of the molecule is CCc1nn2c(C#N)c(-c3ccc(OC)cc3OC)nc2s1. The van der Waals surface area contributed by atoms with Crippen molar-refractivity contribution >= 4 is 16.3 Å². The molecule has 0 aliphatic carbocycles. The Morgan fingerprint density at radius 3 is 2.77 bits per heavy atom. The number of hydrogen-bond acceptors (Lipinski definition) is 6. The van der Waals surface area contributed by atoms with Crippen molar-refractivity contribution in [3.8, 4) is 28.8 Å². The molecule has 3 rings (SSSR count). The number of ether oxygens (including phenoxy) is 2. The molecule has 112 valence electrons. The predicted octanol–water partition coefficient (Wildman–Crippen LogP) is 2.91. The third-order valence-corrected chi connectivity index (χ3v) is 4.37. The molecule has 0 fully saturated rings. The van der Waals surface area contributed by atoms with E-state index in [-0.39, 0.29) is 0 Å². The maximum absolute atomic E-state index is 9.50. The molecular weight excluding hydrogens is 300 g/mol. The molecule has 22 heavy (non-hydrogen) atoms. The quantitative estimate of drug-likeness (QED) is 0.740. The summed E-state index contributed by atoms with van der Waals surface area (Å²) in [6.45, 7) is 2.03. The fourth-order valence-corrected chi connectivity index (χ4v) is 3.05. The second kappa shape index (κ2) is 5.66. The normalized spacial score (nSPS) is 10.6. The lowest BCUT2D eigenvalue weighted by Gasteiger charge is -2.08. The smallest absolute Gasteiger partial charge is 0.214 e. The van der Waals surface area contributed by atoms with E-state index in [0.29, 0.717) is 27.8 Å². The zero-order valence-electron chi connectivity index (χ0n) is 12.5. The minimum atomic E-state index is 0.411. The number of nitrogens with zero attached hydrogens (tertiary/aromatic N) is 4. The van der Waals surface area contributed by atoms with E-state index in [1.807, 2.05) is 19.1 Å². The molecule has 6 nitrogen and oxygen atoms in total. The van der Waals surface area contributed by atoms with Crippen molar-refractivity contribution in [1.29, 1.82) is 5.26 Å². The lowest BCUT2D eigenvalue weighted by Crippen LogP contribution is -1.94. The minimum Gasteiger partial charge on any atom is -0.497 e. The number of aryl methyl sites for hydroxylation is 1. The number of methoxy groups -OCH3 is 2. The second-order valence-corrected chi connectivity index (χ2v) is 5.57. The predicted molar refractivity (Wildman–Crippen MR) is 83.5 cm³/mol. The highest BCUT2D eigenvalue weighted by molar-refractivity contribution is 7.16. The van der Waals surface area contributed by atoms with Crippen molar-refractivity contribution in [2.24, 2.45) is 0 Å². The van der Waals surface area contributed by atoms with Crippen LogP contribution < -0.4 is 9.47 Å². The summed E-state index contributed by atoms with van der Waals surface area (Å²) >= 11 is 1.49. The number of benzene rings is 1. The van der Waals surface area contributed by atoms with Crippen molar-refractivity contribution in [3.63, 3.8) is 0 Å². The number of rotatable bonds is 4. The van der Waals surface area contributed by atoms with E-state index in [9.17, 15) is 5.26 Å². The van der Waals surface area contributed by atoms with Gasteiger partial charge in [0.15, 0.2) is 5.69 Å². The van der Waals surface area contributed by atoms with Crippen LogP contribution in [0.3, 0.4) is 0 Å². The second-order valence-electron chi connectivity index (χ2n) is 4.53. The van der Waals surface area contributed by atoms with Gasteiger partial charge in [-0.3, -0.25) is 0 Å². The average Bonchev–Trinajstić information content (AvgIpc) is 3.10. The van der Waals surface area contributed by atoms with Crippen LogP contribution in [-0.4, -0.2) is 28.8 Å². The molecule has 7 heteroatoms. The van der Waals surface area contributed by atoms with E-state index in [0.717, 1.165) is 17.0 Å². The summed E-state index contributed by atoms with van der Waals surface area (Å²) in [5.74, 6) is 1.30. The van der Waals surface area contributed by atoms with Crippen molar-refractivity contribution in [2.75, 3.05) is 14.2 Å². The Morgan fingerprint density at radius 2 is 2.14 bits per heavy atom. The molecule has 3 aromatic rings. The first kappa shape index (κ1) is 14.4. The Labute approximate surface area is 131 Å². The average molecular weight is 314 g/mol. The van der Waals surface area contributed by atoms with Gasteiger partial charge in [-0.2, -0.15) is 14.9 Å². The molecule has 0 bridgehead atoms. The number of fused-ring (bicyclic) bond motifs is 1. The monoisotopic (exact) mass is 314 g/mol. The van der Waals surface area contributed by atoms with Crippen LogP contribution in [0.2, 0.25) is 0 Å². The highest BCUT2D eigenvalue weighted by atomic mass is 32.1. The fraction of sp³-hybridized carbons (Fsp3) is 0.267. The van der Waals surface area contributed by atoms with Crippen LogP contribution in [0.15, 0.2) is 18.2 Å². The topological polar surface area (TPSA) is 72.4 Å². The molecule has 2 heterocycles. The lowest BCUT2D eigenvalue weighted by atomic mass is 10.1. The Kier molecular flexibility index (Phi) is 3.69. The molecule has 0 spiro atoms. The summed E-state index contributed by atoms with van der Waals surface area (Å²) in [6.07, 6.45) is 0.820. The van der Waals surface area contributed by atoms with Gasteiger partial charge in [0.1, 0.15) is 28.3 Å². The van der Waals surface area contributed by atoms with E-state index in [4.69, 9.17) is 9.47 Å². The van der Waals surface area contributed by atoms with Crippen LogP contribution >= 0.6 is 11.3 Å². The first-order valence-electron chi connectivity index (χ1n) is 6.72. The maximum atomic E-state index is 9.50. The Hall–Kier alpha value is -2.59. The number of hydrogen-bond donors (Lipinski definition) is 0. The van der Waals surface area contributed by atoms with Gasteiger partial charge in [-0.1, -0.05) is 18.3 Å². The largest absolute Gasteiger partial charge is 0.497 e. The van der Waals surface area contributed by atoms with Crippen molar-refractivity contribution in [2.45, 2.75) is 13.3 Å². The first-order valence-corrected chi connectivity index (χ1v) is 7.54. The lowest BCUT2D eigenvalue weighted by molar-refractivity contribution is 0.395. The van der Waals surface area contributed by atoms with E-state index < -0.39 is 0 Å². The van der Waals surface area contributed by atoms with Crippen LogP contribution in [0.25, 0.3) is 16.2 Å². The Balaban J connectivity index is 2.22. The molecule has 0 saturated carbocycles. The molecule has 0 aliphatic heterocycles. The van der Waals surface area contributed by atoms with Gasteiger partial charge in [0, 0.05) is 11.6 Å². The van der Waals surface area contributed by atoms with E-state index in [2.05, 4.69) is 16.2 Å². The van der Waals surface area contributed by atoms with E-state index >= 15 is 0 Å². The molecule has 0 unspecified atom stereocenters. The van der Waals surface area contributed by atoms with Gasteiger partial charge < -0.3 is 9.47 Å². The minimum absolute atomic E-state index is 0.411. The van der Waals surface area contributed by atoms with Crippen LogP contribution in [0.1, 0.15) is 17.6 Å². The number of aromatic nitrogens is 3. The third-order valence-electron chi connectivity index (χ3n) is 3.32. The van der Waals surface area contributed by atoms with Gasteiger partial charge >= 0.3 is 0 Å². The third kappa shape index (κ3) is 2.18. The highest BCUT2D eigenvalue weighted by Gasteiger charge is 2.20. The molecule has 0 atom stereocenters. The summed E-state index contributed by atoms with van der Waals surface area (Å²) in [5, 5.41) is 14.9. The number of nitriles is 1. The summed E-state index contributed by atoms with van der Waals surface area (Å²) in [7, 11) is 3.17. The molecular formula is C15H14N4O2S. The molecule has 0 N–H and O–H groups in total. The fourth-order valence-electron chi connectivity index (χ4n) is 2.21.